The number of rotatable bonds is 6. The molecular weight excluding hydrogens is 430 g/mol. The summed E-state index contributed by atoms with van der Waals surface area (Å²) in [6.45, 7) is 0.604. The lowest BCUT2D eigenvalue weighted by molar-refractivity contribution is -0.128. The molecule has 166 valence electrons. The lowest BCUT2D eigenvalue weighted by Crippen LogP contribution is -2.40. The molecule has 0 radical (unpaired) electrons. The van der Waals surface area contributed by atoms with Crippen molar-refractivity contribution >= 4 is 39.8 Å². The van der Waals surface area contributed by atoms with Gasteiger partial charge in [0.2, 0.25) is 0 Å². The summed E-state index contributed by atoms with van der Waals surface area (Å²) in [7, 11) is 3.17. The molecule has 0 aliphatic carbocycles. The molecule has 32 heavy (non-hydrogen) atoms. The summed E-state index contributed by atoms with van der Waals surface area (Å²) in [5, 5.41) is 6.67. The zero-order valence-corrected chi connectivity index (χ0v) is 18.5. The average molecular weight is 454 g/mol. The largest absolute Gasteiger partial charge is 0.493 e. The standard InChI is InChI=1S/C23H23N3O5S/c1-28-20-12-16-17(13-21(20)29-2)24-10-9-18(16)31-15-7-5-14(6-8-15)25-23(32)26-22(27)19-4-3-11-30-19/h5-10,12-13,19H,3-4,11H2,1-2H3,(H2,25,26,27,32). The Hall–Kier alpha value is -3.43. The fourth-order valence-electron chi connectivity index (χ4n) is 3.41. The van der Waals surface area contributed by atoms with E-state index in [4.69, 9.17) is 31.2 Å². The van der Waals surface area contributed by atoms with E-state index in [0.29, 0.717) is 36.0 Å². The van der Waals surface area contributed by atoms with Crippen LogP contribution in [0.5, 0.6) is 23.0 Å². The minimum absolute atomic E-state index is 0.223. The summed E-state index contributed by atoms with van der Waals surface area (Å²) in [4.78, 5) is 16.5. The van der Waals surface area contributed by atoms with E-state index < -0.39 is 6.10 Å². The number of carbonyl (C=O) groups excluding carboxylic acids is 1. The molecule has 1 atom stereocenters. The number of anilines is 1. The van der Waals surface area contributed by atoms with Crippen LogP contribution in [0.1, 0.15) is 12.8 Å². The van der Waals surface area contributed by atoms with Crippen LogP contribution in [0.2, 0.25) is 0 Å². The van der Waals surface area contributed by atoms with E-state index in [9.17, 15) is 4.79 Å². The van der Waals surface area contributed by atoms with E-state index in [1.165, 1.54) is 0 Å². The SMILES string of the molecule is COc1cc2nccc(Oc3ccc(NC(=S)NC(=O)C4CCCO4)cc3)c2cc1OC. The van der Waals surface area contributed by atoms with Gasteiger partial charge in [0.25, 0.3) is 5.91 Å². The highest BCUT2D eigenvalue weighted by Crippen LogP contribution is 2.36. The summed E-state index contributed by atoms with van der Waals surface area (Å²) in [5.74, 6) is 2.23. The Morgan fingerprint density at radius 1 is 1.09 bits per heavy atom. The molecule has 1 unspecified atom stereocenters. The third-order valence-electron chi connectivity index (χ3n) is 5.01. The number of fused-ring (bicyclic) bond motifs is 1. The van der Waals surface area contributed by atoms with Crippen LogP contribution in [0.25, 0.3) is 10.9 Å². The molecular formula is C23H23N3O5S. The van der Waals surface area contributed by atoms with Crippen LogP contribution in [0.4, 0.5) is 5.69 Å². The maximum absolute atomic E-state index is 12.1. The minimum atomic E-state index is -0.431. The number of methoxy groups -OCH3 is 2. The number of hydrogen-bond donors (Lipinski definition) is 2. The number of carbonyl (C=O) groups is 1. The highest BCUT2D eigenvalue weighted by molar-refractivity contribution is 7.80. The third kappa shape index (κ3) is 4.90. The van der Waals surface area contributed by atoms with Gasteiger partial charge in [0, 0.05) is 29.9 Å². The van der Waals surface area contributed by atoms with Gasteiger partial charge in [0.15, 0.2) is 16.6 Å². The quantitative estimate of drug-likeness (QED) is 0.541. The maximum atomic E-state index is 12.1. The molecule has 1 fully saturated rings. The van der Waals surface area contributed by atoms with E-state index in [2.05, 4.69) is 15.6 Å². The van der Waals surface area contributed by atoms with E-state index in [0.717, 1.165) is 23.0 Å². The van der Waals surface area contributed by atoms with E-state index >= 15 is 0 Å². The number of nitrogens with zero attached hydrogens (tertiary/aromatic N) is 1. The van der Waals surface area contributed by atoms with Gasteiger partial charge in [0.05, 0.1) is 19.7 Å². The van der Waals surface area contributed by atoms with Crippen molar-refractivity contribution in [2.24, 2.45) is 0 Å². The van der Waals surface area contributed by atoms with E-state index in [1.54, 1.807) is 44.7 Å². The van der Waals surface area contributed by atoms with Crippen molar-refractivity contribution in [1.29, 1.82) is 0 Å². The first kappa shape index (κ1) is 21.8. The Kier molecular flexibility index (Phi) is 6.67. The predicted molar refractivity (Wildman–Crippen MR) is 125 cm³/mol. The molecule has 8 nitrogen and oxygen atoms in total. The fraction of sp³-hybridized carbons (Fsp3) is 0.261. The highest BCUT2D eigenvalue weighted by Gasteiger charge is 2.24. The van der Waals surface area contributed by atoms with Crippen LogP contribution in [-0.4, -0.2) is 42.9 Å². The summed E-state index contributed by atoms with van der Waals surface area (Å²) < 4.78 is 22.2. The molecule has 1 aliphatic rings. The molecule has 2 aromatic carbocycles. The molecule has 0 spiro atoms. The van der Waals surface area contributed by atoms with Crippen molar-refractivity contribution < 1.29 is 23.7 Å². The molecule has 0 saturated carbocycles. The molecule has 0 bridgehead atoms. The van der Waals surface area contributed by atoms with Crippen LogP contribution < -0.4 is 24.8 Å². The summed E-state index contributed by atoms with van der Waals surface area (Å²) >= 11 is 5.22. The zero-order valence-electron chi connectivity index (χ0n) is 17.7. The number of thiocarbonyl (C=S) groups is 1. The monoisotopic (exact) mass is 453 g/mol. The molecule has 1 aliphatic heterocycles. The maximum Gasteiger partial charge on any atom is 0.255 e. The van der Waals surface area contributed by atoms with Gasteiger partial charge in [0.1, 0.15) is 17.6 Å². The number of aromatic nitrogens is 1. The molecule has 3 aromatic rings. The number of pyridine rings is 1. The first-order chi connectivity index (χ1) is 15.6. The van der Waals surface area contributed by atoms with Crippen molar-refractivity contribution in [2.75, 3.05) is 26.1 Å². The number of benzene rings is 2. The summed E-state index contributed by atoms with van der Waals surface area (Å²) in [5.41, 5.74) is 1.45. The van der Waals surface area contributed by atoms with Crippen molar-refractivity contribution in [1.82, 2.24) is 10.3 Å². The number of amides is 1. The predicted octanol–water partition coefficient (Wildman–Crippen LogP) is 4.04. The lowest BCUT2D eigenvalue weighted by Gasteiger charge is -2.14. The van der Waals surface area contributed by atoms with Crippen LogP contribution in [0.3, 0.4) is 0 Å². The van der Waals surface area contributed by atoms with Gasteiger partial charge in [-0.15, -0.1) is 0 Å². The van der Waals surface area contributed by atoms with Gasteiger partial charge in [-0.05, 0) is 61.5 Å². The Labute approximate surface area is 190 Å². The minimum Gasteiger partial charge on any atom is -0.493 e. The van der Waals surface area contributed by atoms with Crippen molar-refractivity contribution in [3.8, 4) is 23.0 Å². The normalized spacial score (nSPS) is 15.2. The Morgan fingerprint density at radius 2 is 1.84 bits per heavy atom. The first-order valence-corrected chi connectivity index (χ1v) is 10.5. The van der Waals surface area contributed by atoms with Crippen molar-refractivity contribution in [3.05, 3.63) is 48.7 Å². The molecule has 1 aromatic heterocycles. The summed E-state index contributed by atoms with van der Waals surface area (Å²) in [6, 6.07) is 12.7. The lowest BCUT2D eigenvalue weighted by atomic mass is 10.2. The molecule has 4 rings (SSSR count). The topological polar surface area (TPSA) is 90.9 Å². The second-order valence-corrected chi connectivity index (χ2v) is 7.51. The van der Waals surface area contributed by atoms with E-state index in [1.807, 2.05) is 18.2 Å². The molecule has 2 heterocycles. The average Bonchev–Trinajstić information content (AvgIpc) is 3.35. The second-order valence-electron chi connectivity index (χ2n) is 7.10. The van der Waals surface area contributed by atoms with Gasteiger partial charge in [-0.25, -0.2) is 0 Å². The first-order valence-electron chi connectivity index (χ1n) is 10.1. The third-order valence-corrected chi connectivity index (χ3v) is 5.21. The van der Waals surface area contributed by atoms with Gasteiger partial charge in [-0.1, -0.05) is 0 Å². The van der Waals surface area contributed by atoms with Crippen molar-refractivity contribution in [2.45, 2.75) is 18.9 Å². The smallest absolute Gasteiger partial charge is 0.255 e. The van der Waals surface area contributed by atoms with E-state index in [-0.39, 0.29) is 11.0 Å². The number of nitrogens with one attached hydrogen (secondary N) is 2. The second kappa shape index (κ2) is 9.80. The Balaban J connectivity index is 1.44. The van der Waals surface area contributed by atoms with Gasteiger partial charge < -0.3 is 29.6 Å². The number of hydrogen-bond acceptors (Lipinski definition) is 7. The van der Waals surface area contributed by atoms with Gasteiger partial charge in [-0.3, -0.25) is 9.78 Å². The molecule has 2 N–H and O–H groups in total. The van der Waals surface area contributed by atoms with Gasteiger partial charge >= 0.3 is 0 Å². The van der Waals surface area contributed by atoms with Crippen LogP contribution in [0.15, 0.2) is 48.7 Å². The van der Waals surface area contributed by atoms with Gasteiger partial charge in [-0.2, -0.15) is 0 Å². The Morgan fingerprint density at radius 3 is 2.53 bits per heavy atom. The Bertz CT molecular complexity index is 1130. The van der Waals surface area contributed by atoms with Crippen LogP contribution in [-0.2, 0) is 9.53 Å². The molecule has 1 amide bonds. The number of ether oxygens (including phenoxy) is 4. The van der Waals surface area contributed by atoms with Crippen LogP contribution >= 0.6 is 12.2 Å². The summed E-state index contributed by atoms with van der Waals surface area (Å²) in [6.07, 6.45) is 2.84. The molecule has 1 saturated heterocycles. The van der Waals surface area contributed by atoms with Crippen LogP contribution in [0, 0.1) is 0 Å². The van der Waals surface area contributed by atoms with Crippen molar-refractivity contribution in [3.63, 3.8) is 0 Å². The fourth-order valence-corrected chi connectivity index (χ4v) is 3.63. The zero-order chi connectivity index (χ0) is 22.5. The molecule has 9 heteroatoms. The highest BCUT2D eigenvalue weighted by atomic mass is 32.1.